The predicted molar refractivity (Wildman–Crippen MR) is 96.1 cm³/mol. The maximum absolute atomic E-state index is 13.6. The van der Waals surface area contributed by atoms with E-state index in [1.807, 2.05) is 0 Å². The van der Waals surface area contributed by atoms with E-state index in [1.165, 1.54) is 6.07 Å². The van der Waals surface area contributed by atoms with Gasteiger partial charge < -0.3 is 10.6 Å². The van der Waals surface area contributed by atoms with E-state index in [0.717, 1.165) is 68.6 Å². The van der Waals surface area contributed by atoms with Crippen molar-refractivity contribution in [3.8, 4) is 5.69 Å². The van der Waals surface area contributed by atoms with Gasteiger partial charge in [0.25, 0.3) is 5.91 Å². The number of fused-ring (bicyclic) bond motifs is 1. The molecule has 2 heterocycles. The molecule has 1 fully saturated rings. The minimum Gasteiger partial charge on any atom is -0.347 e. The normalized spacial score (nSPS) is 18.9. The second-order valence-electron chi connectivity index (χ2n) is 6.65. The Morgan fingerprint density at radius 2 is 2.08 bits per heavy atom. The number of aromatic nitrogens is 2. The Hall–Kier alpha value is -1.99. The van der Waals surface area contributed by atoms with E-state index >= 15 is 0 Å². The average molecular weight is 383 g/mol. The first kappa shape index (κ1) is 18.8. The number of carbonyl (C=O) groups is 1. The van der Waals surface area contributed by atoms with Crippen LogP contribution in [0.5, 0.6) is 0 Å². The molecular weight excluding hydrogens is 362 g/mol. The van der Waals surface area contributed by atoms with Crippen molar-refractivity contribution in [2.45, 2.75) is 38.1 Å². The van der Waals surface area contributed by atoms with Gasteiger partial charge in [0.15, 0.2) is 17.3 Å². The molecule has 5 nitrogen and oxygen atoms in total. The van der Waals surface area contributed by atoms with Gasteiger partial charge in [0.05, 0.1) is 5.69 Å². The molecule has 1 amide bonds. The van der Waals surface area contributed by atoms with Crippen LogP contribution in [-0.4, -0.2) is 34.8 Å². The second-order valence-corrected chi connectivity index (χ2v) is 6.65. The van der Waals surface area contributed by atoms with Crippen molar-refractivity contribution in [3.63, 3.8) is 0 Å². The number of nitrogens with zero attached hydrogens (tertiary/aromatic N) is 2. The largest absolute Gasteiger partial charge is 0.347 e. The number of piperidine rings is 1. The van der Waals surface area contributed by atoms with Gasteiger partial charge in [-0.25, -0.2) is 13.5 Å². The maximum Gasteiger partial charge on any atom is 0.272 e. The van der Waals surface area contributed by atoms with E-state index in [9.17, 15) is 13.6 Å². The Morgan fingerprint density at radius 3 is 2.81 bits per heavy atom. The van der Waals surface area contributed by atoms with E-state index in [2.05, 4.69) is 15.7 Å². The first-order valence-electron chi connectivity index (χ1n) is 8.71. The summed E-state index contributed by atoms with van der Waals surface area (Å²) in [6, 6.07) is 3.79. The van der Waals surface area contributed by atoms with Gasteiger partial charge >= 0.3 is 0 Å². The first-order valence-corrected chi connectivity index (χ1v) is 8.71. The lowest BCUT2D eigenvalue weighted by Gasteiger charge is -2.23. The zero-order chi connectivity index (χ0) is 17.4. The first-order chi connectivity index (χ1) is 12.1. The molecule has 2 aromatic rings. The zero-order valence-corrected chi connectivity index (χ0v) is 15.0. The fourth-order valence-corrected chi connectivity index (χ4v) is 3.68. The number of halogens is 3. The van der Waals surface area contributed by atoms with Crippen molar-refractivity contribution in [3.05, 3.63) is 46.8 Å². The summed E-state index contributed by atoms with van der Waals surface area (Å²) in [7, 11) is 0. The van der Waals surface area contributed by atoms with Crippen LogP contribution in [0.4, 0.5) is 8.78 Å². The summed E-state index contributed by atoms with van der Waals surface area (Å²) in [6.07, 6.45) is 4.48. The van der Waals surface area contributed by atoms with Crippen molar-refractivity contribution in [2.75, 3.05) is 13.1 Å². The summed E-state index contributed by atoms with van der Waals surface area (Å²) in [4.78, 5) is 12.7. The quantitative estimate of drug-likeness (QED) is 0.857. The molecule has 0 bridgehead atoms. The molecule has 1 aliphatic carbocycles. The molecule has 0 saturated carbocycles. The highest BCUT2D eigenvalue weighted by molar-refractivity contribution is 5.94. The zero-order valence-electron chi connectivity index (χ0n) is 14.2. The molecule has 8 heteroatoms. The van der Waals surface area contributed by atoms with Crippen LogP contribution in [0.1, 0.15) is 41.0 Å². The third kappa shape index (κ3) is 3.46. The van der Waals surface area contributed by atoms with Crippen LogP contribution < -0.4 is 10.6 Å². The lowest BCUT2D eigenvalue weighted by atomic mass is 10.1. The van der Waals surface area contributed by atoms with Crippen molar-refractivity contribution in [1.82, 2.24) is 20.4 Å². The van der Waals surface area contributed by atoms with Gasteiger partial charge in [0.1, 0.15) is 0 Å². The van der Waals surface area contributed by atoms with E-state index in [1.54, 1.807) is 4.68 Å². The molecule has 0 spiro atoms. The van der Waals surface area contributed by atoms with Gasteiger partial charge in [-0.3, -0.25) is 4.79 Å². The van der Waals surface area contributed by atoms with Gasteiger partial charge in [-0.05, 0) is 50.8 Å². The molecule has 1 aromatic carbocycles. The standard InChI is InChI=1S/C18H20F2N4O.ClH/c19-14-7-6-12(9-15(14)20)24-16-5-1-4-13(16)17(23-24)18(25)22-11-3-2-8-21-10-11;/h6-7,9,11,21H,1-5,8,10H2,(H,22,25);1H. The molecule has 26 heavy (non-hydrogen) atoms. The number of nitrogens with one attached hydrogen (secondary N) is 2. The molecule has 140 valence electrons. The monoisotopic (exact) mass is 382 g/mol. The third-order valence-corrected chi connectivity index (χ3v) is 4.93. The van der Waals surface area contributed by atoms with Crippen LogP contribution in [0.15, 0.2) is 18.2 Å². The SMILES string of the molecule is Cl.O=C(NC1CCCNC1)c1nn(-c2ccc(F)c(F)c2)c2c1CCC2. The Balaban J connectivity index is 0.00000196. The van der Waals surface area contributed by atoms with Crippen LogP contribution in [0, 0.1) is 11.6 Å². The summed E-state index contributed by atoms with van der Waals surface area (Å²) < 4.78 is 28.4. The second kappa shape index (κ2) is 7.72. The Bertz CT molecular complexity index is 818. The number of benzene rings is 1. The summed E-state index contributed by atoms with van der Waals surface area (Å²) in [5.74, 6) is -2.00. The van der Waals surface area contributed by atoms with E-state index < -0.39 is 11.6 Å². The molecule has 1 saturated heterocycles. The molecule has 1 aromatic heterocycles. The molecule has 0 radical (unpaired) electrons. The molecule has 4 rings (SSSR count). The van der Waals surface area contributed by atoms with Crippen molar-refractivity contribution in [1.29, 1.82) is 0 Å². The minimum atomic E-state index is -0.918. The minimum absolute atomic E-state index is 0. The van der Waals surface area contributed by atoms with E-state index in [-0.39, 0.29) is 24.4 Å². The van der Waals surface area contributed by atoms with Gasteiger partial charge in [-0.15, -0.1) is 12.4 Å². The smallest absolute Gasteiger partial charge is 0.272 e. The third-order valence-electron chi connectivity index (χ3n) is 4.93. The molecule has 1 unspecified atom stereocenters. The van der Waals surface area contributed by atoms with Crippen LogP contribution in [-0.2, 0) is 12.8 Å². The molecule has 1 aliphatic heterocycles. The number of carbonyl (C=O) groups excluding carboxylic acids is 1. The highest BCUT2D eigenvalue weighted by Gasteiger charge is 2.28. The number of rotatable bonds is 3. The fraction of sp³-hybridized carbons (Fsp3) is 0.444. The molecule has 2 N–H and O–H groups in total. The highest BCUT2D eigenvalue weighted by Crippen LogP contribution is 2.28. The lowest BCUT2D eigenvalue weighted by molar-refractivity contribution is 0.0924. The van der Waals surface area contributed by atoms with Crippen LogP contribution in [0.25, 0.3) is 5.69 Å². The molecular formula is C18H21ClF2N4O. The van der Waals surface area contributed by atoms with Gasteiger partial charge in [0.2, 0.25) is 0 Å². The topological polar surface area (TPSA) is 59.0 Å². The number of hydrogen-bond acceptors (Lipinski definition) is 3. The van der Waals surface area contributed by atoms with Crippen molar-refractivity contribution in [2.24, 2.45) is 0 Å². The number of hydrogen-bond donors (Lipinski definition) is 2. The van der Waals surface area contributed by atoms with Crippen LogP contribution >= 0.6 is 12.4 Å². The van der Waals surface area contributed by atoms with Crippen molar-refractivity contribution < 1.29 is 13.6 Å². The summed E-state index contributed by atoms with van der Waals surface area (Å²) in [6.45, 7) is 1.74. The average Bonchev–Trinajstić information content (AvgIpc) is 3.20. The summed E-state index contributed by atoms with van der Waals surface area (Å²) in [5.41, 5.74) is 2.68. The predicted octanol–water partition coefficient (Wildman–Crippen LogP) is 2.54. The number of amides is 1. The highest BCUT2D eigenvalue weighted by atomic mass is 35.5. The van der Waals surface area contributed by atoms with Gasteiger partial charge in [-0.2, -0.15) is 5.10 Å². The molecule has 1 atom stereocenters. The Kier molecular flexibility index (Phi) is 5.58. The summed E-state index contributed by atoms with van der Waals surface area (Å²) >= 11 is 0. The van der Waals surface area contributed by atoms with Crippen LogP contribution in [0.2, 0.25) is 0 Å². The van der Waals surface area contributed by atoms with E-state index in [0.29, 0.717) is 11.4 Å². The van der Waals surface area contributed by atoms with Gasteiger partial charge in [-0.1, -0.05) is 0 Å². The Morgan fingerprint density at radius 1 is 1.23 bits per heavy atom. The van der Waals surface area contributed by atoms with E-state index in [4.69, 9.17) is 0 Å². The van der Waals surface area contributed by atoms with Crippen molar-refractivity contribution >= 4 is 18.3 Å². The lowest BCUT2D eigenvalue weighted by Crippen LogP contribution is -2.45. The summed E-state index contributed by atoms with van der Waals surface area (Å²) in [5, 5.41) is 10.7. The maximum atomic E-state index is 13.6. The Labute approximate surface area is 156 Å². The fourth-order valence-electron chi connectivity index (χ4n) is 3.68. The van der Waals surface area contributed by atoms with Crippen LogP contribution in [0.3, 0.4) is 0 Å². The van der Waals surface area contributed by atoms with Gasteiger partial charge in [0, 0.05) is 29.9 Å². The molecule has 2 aliphatic rings.